The Morgan fingerprint density at radius 2 is 1.91 bits per heavy atom. The highest BCUT2D eigenvalue weighted by molar-refractivity contribution is 5.81. The standard InChI is InChI=1S/C7H14O3.CH4/c1-6(8)7(2,3)5-10-9-4;/h5H2,1-4H3;1H4. The summed E-state index contributed by atoms with van der Waals surface area (Å²) in [7, 11) is 1.43. The van der Waals surface area contributed by atoms with Crippen LogP contribution >= 0.6 is 0 Å². The van der Waals surface area contributed by atoms with E-state index in [4.69, 9.17) is 0 Å². The molecule has 3 heteroatoms. The second kappa shape index (κ2) is 5.27. The summed E-state index contributed by atoms with van der Waals surface area (Å²) in [4.78, 5) is 19.9. The average molecular weight is 162 g/mol. The predicted molar refractivity (Wildman–Crippen MR) is 44.2 cm³/mol. The first-order valence-corrected chi connectivity index (χ1v) is 3.17. The lowest BCUT2D eigenvalue weighted by Gasteiger charge is -2.18. The maximum absolute atomic E-state index is 10.8. The fourth-order valence-electron chi connectivity index (χ4n) is 0.308. The van der Waals surface area contributed by atoms with Gasteiger partial charge in [0.15, 0.2) is 0 Å². The predicted octanol–water partition coefficient (Wildman–Crippen LogP) is 1.82. The molecule has 0 aromatic rings. The van der Waals surface area contributed by atoms with Gasteiger partial charge in [0.2, 0.25) is 0 Å². The van der Waals surface area contributed by atoms with Gasteiger partial charge in [-0.05, 0) is 6.92 Å². The smallest absolute Gasteiger partial charge is 0.137 e. The first-order chi connectivity index (χ1) is 4.50. The molecule has 0 rings (SSSR count). The fraction of sp³-hybridized carbons (Fsp3) is 0.875. The van der Waals surface area contributed by atoms with Gasteiger partial charge in [0.05, 0.1) is 13.7 Å². The minimum Gasteiger partial charge on any atom is -0.299 e. The molecule has 0 radical (unpaired) electrons. The molecule has 0 aliphatic heterocycles. The van der Waals surface area contributed by atoms with Crippen molar-refractivity contribution >= 4 is 5.78 Å². The zero-order valence-electron chi connectivity index (χ0n) is 6.93. The van der Waals surface area contributed by atoms with Gasteiger partial charge >= 0.3 is 0 Å². The Labute approximate surface area is 68.6 Å². The van der Waals surface area contributed by atoms with E-state index in [1.807, 2.05) is 13.8 Å². The van der Waals surface area contributed by atoms with Gasteiger partial charge in [-0.25, -0.2) is 9.78 Å². The Morgan fingerprint density at radius 1 is 1.45 bits per heavy atom. The summed E-state index contributed by atoms with van der Waals surface area (Å²) < 4.78 is 0. The third kappa shape index (κ3) is 4.93. The molecule has 0 aliphatic carbocycles. The van der Waals surface area contributed by atoms with Gasteiger partial charge in [0.25, 0.3) is 0 Å². The van der Waals surface area contributed by atoms with Crippen LogP contribution in [0.25, 0.3) is 0 Å². The van der Waals surface area contributed by atoms with E-state index in [0.717, 1.165) is 0 Å². The highest BCUT2D eigenvalue weighted by atomic mass is 17.2. The molecule has 0 saturated carbocycles. The summed E-state index contributed by atoms with van der Waals surface area (Å²) in [6.45, 7) is 5.47. The molecule has 11 heavy (non-hydrogen) atoms. The number of rotatable bonds is 4. The summed E-state index contributed by atoms with van der Waals surface area (Å²) in [5.74, 6) is 0.101. The number of carbonyl (C=O) groups excluding carboxylic acids is 1. The molecule has 0 atom stereocenters. The van der Waals surface area contributed by atoms with Crippen molar-refractivity contribution < 1.29 is 14.6 Å². The molecule has 0 aliphatic rings. The maximum Gasteiger partial charge on any atom is 0.137 e. The number of Topliss-reactive ketones (excluding diaryl/α,β-unsaturated/α-hetero) is 1. The maximum atomic E-state index is 10.8. The number of hydrogen-bond donors (Lipinski definition) is 0. The van der Waals surface area contributed by atoms with Crippen LogP contribution < -0.4 is 0 Å². The van der Waals surface area contributed by atoms with Gasteiger partial charge in [-0.15, -0.1) is 0 Å². The summed E-state index contributed by atoms with van der Waals surface area (Å²) in [5.41, 5.74) is -0.435. The van der Waals surface area contributed by atoms with E-state index in [0.29, 0.717) is 6.61 Å². The molecule has 3 nitrogen and oxygen atoms in total. The molecule has 0 saturated heterocycles. The minimum atomic E-state index is -0.435. The largest absolute Gasteiger partial charge is 0.299 e. The molecule has 0 heterocycles. The van der Waals surface area contributed by atoms with E-state index in [1.165, 1.54) is 7.11 Å². The molecule has 0 N–H and O–H groups in total. The van der Waals surface area contributed by atoms with Gasteiger partial charge in [0.1, 0.15) is 5.78 Å². The van der Waals surface area contributed by atoms with Crippen molar-refractivity contribution in [2.45, 2.75) is 28.2 Å². The first-order valence-electron chi connectivity index (χ1n) is 3.17. The van der Waals surface area contributed by atoms with E-state index < -0.39 is 5.41 Å². The Kier molecular flexibility index (Phi) is 6.32. The lowest BCUT2D eigenvalue weighted by Crippen LogP contribution is -2.27. The highest BCUT2D eigenvalue weighted by Crippen LogP contribution is 2.15. The van der Waals surface area contributed by atoms with Gasteiger partial charge in [0, 0.05) is 5.41 Å². The highest BCUT2D eigenvalue weighted by Gasteiger charge is 2.23. The fourth-order valence-corrected chi connectivity index (χ4v) is 0.308. The van der Waals surface area contributed by atoms with E-state index in [-0.39, 0.29) is 13.2 Å². The molecule has 0 bridgehead atoms. The molecule has 68 valence electrons. The second-order valence-corrected chi connectivity index (χ2v) is 2.87. The average Bonchev–Trinajstić information content (AvgIpc) is 1.84. The van der Waals surface area contributed by atoms with Crippen molar-refractivity contribution in [3.63, 3.8) is 0 Å². The van der Waals surface area contributed by atoms with E-state index >= 15 is 0 Å². The molecular weight excluding hydrogens is 144 g/mol. The van der Waals surface area contributed by atoms with Crippen LogP contribution in [-0.2, 0) is 14.6 Å². The van der Waals surface area contributed by atoms with Gasteiger partial charge < -0.3 is 0 Å². The lowest BCUT2D eigenvalue weighted by molar-refractivity contribution is -0.284. The molecule has 0 aromatic carbocycles. The van der Waals surface area contributed by atoms with Crippen molar-refractivity contribution in [1.82, 2.24) is 0 Å². The minimum absolute atomic E-state index is 0. The summed E-state index contributed by atoms with van der Waals surface area (Å²) in [5, 5.41) is 0. The first kappa shape index (κ1) is 13.2. The Bertz CT molecular complexity index is 119. The van der Waals surface area contributed by atoms with Crippen LogP contribution in [0.15, 0.2) is 0 Å². The van der Waals surface area contributed by atoms with Crippen LogP contribution in [-0.4, -0.2) is 19.5 Å². The summed E-state index contributed by atoms with van der Waals surface area (Å²) in [6.07, 6.45) is 0. The monoisotopic (exact) mass is 162 g/mol. The van der Waals surface area contributed by atoms with Crippen LogP contribution in [0.4, 0.5) is 0 Å². The molecule has 0 amide bonds. The summed E-state index contributed by atoms with van der Waals surface area (Å²) in [6, 6.07) is 0. The van der Waals surface area contributed by atoms with Crippen molar-refractivity contribution in [2.24, 2.45) is 5.41 Å². The number of ketones is 1. The van der Waals surface area contributed by atoms with Crippen LogP contribution in [0.3, 0.4) is 0 Å². The van der Waals surface area contributed by atoms with E-state index in [9.17, 15) is 4.79 Å². The van der Waals surface area contributed by atoms with Crippen LogP contribution in [0.5, 0.6) is 0 Å². The molecular formula is C8H18O3. The Morgan fingerprint density at radius 3 is 2.18 bits per heavy atom. The third-order valence-corrected chi connectivity index (χ3v) is 1.49. The van der Waals surface area contributed by atoms with Crippen LogP contribution in [0, 0.1) is 5.41 Å². The second-order valence-electron chi connectivity index (χ2n) is 2.87. The normalized spacial score (nSPS) is 10.5. The Hall–Kier alpha value is -0.410. The third-order valence-electron chi connectivity index (χ3n) is 1.49. The zero-order chi connectivity index (χ0) is 8.20. The quantitative estimate of drug-likeness (QED) is 0.467. The Balaban J connectivity index is 0. The van der Waals surface area contributed by atoms with Crippen LogP contribution in [0.1, 0.15) is 28.2 Å². The number of hydrogen-bond acceptors (Lipinski definition) is 3. The van der Waals surface area contributed by atoms with Crippen molar-refractivity contribution in [3.05, 3.63) is 0 Å². The molecule has 0 spiro atoms. The molecule has 0 fully saturated rings. The van der Waals surface area contributed by atoms with Crippen molar-refractivity contribution in [3.8, 4) is 0 Å². The van der Waals surface area contributed by atoms with E-state index in [2.05, 4.69) is 9.78 Å². The number of carbonyl (C=O) groups is 1. The van der Waals surface area contributed by atoms with Gasteiger partial charge in [-0.3, -0.25) is 4.79 Å². The van der Waals surface area contributed by atoms with E-state index in [1.54, 1.807) is 6.92 Å². The van der Waals surface area contributed by atoms with Crippen LogP contribution in [0.2, 0.25) is 0 Å². The zero-order valence-corrected chi connectivity index (χ0v) is 6.93. The SMILES string of the molecule is C.COOCC(C)(C)C(C)=O. The molecule has 0 aromatic heterocycles. The van der Waals surface area contributed by atoms with Gasteiger partial charge in [-0.2, -0.15) is 0 Å². The van der Waals surface area contributed by atoms with Gasteiger partial charge in [-0.1, -0.05) is 21.3 Å². The van der Waals surface area contributed by atoms with Crippen molar-refractivity contribution in [1.29, 1.82) is 0 Å². The van der Waals surface area contributed by atoms with Crippen molar-refractivity contribution in [2.75, 3.05) is 13.7 Å². The topological polar surface area (TPSA) is 35.5 Å². The summed E-state index contributed by atoms with van der Waals surface area (Å²) >= 11 is 0. The lowest BCUT2D eigenvalue weighted by atomic mass is 9.90. The molecule has 0 unspecified atom stereocenters.